The van der Waals surface area contributed by atoms with Crippen molar-refractivity contribution in [3.8, 4) is 6.07 Å². The number of nitriles is 1. The first-order chi connectivity index (χ1) is 12.5. The molecular formula is C20H30N4O2. The molecule has 0 bridgehead atoms. The Hall–Kier alpha value is -2.10. The molecule has 6 nitrogen and oxygen atoms in total. The number of benzene rings is 1. The summed E-state index contributed by atoms with van der Waals surface area (Å²) in [6, 6.07) is 9.43. The average molecular weight is 358 g/mol. The van der Waals surface area contributed by atoms with E-state index in [2.05, 4.69) is 35.5 Å². The van der Waals surface area contributed by atoms with E-state index in [4.69, 9.17) is 10.00 Å². The Bertz CT molecular complexity index is 603. The van der Waals surface area contributed by atoms with E-state index in [1.807, 2.05) is 19.1 Å². The Morgan fingerprint density at radius 1 is 1.23 bits per heavy atom. The molecule has 1 fully saturated rings. The van der Waals surface area contributed by atoms with Gasteiger partial charge in [0.25, 0.3) is 0 Å². The first-order valence-electron chi connectivity index (χ1n) is 9.35. The SMILES string of the molecule is CC(C)CC(CNC(=O)NC(C)c1ccc(C#N)cc1)N1CCOCC1. The van der Waals surface area contributed by atoms with Gasteiger partial charge in [0.2, 0.25) is 0 Å². The van der Waals surface area contributed by atoms with E-state index in [1.165, 1.54) is 0 Å². The summed E-state index contributed by atoms with van der Waals surface area (Å²) in [5, 5.41) is 14.9. The molecule has 2 atom stereocenters. The zero-order chi connectivity index (χ0) is 18.9. The molecule has 0 saturated carbocycles. The number of carbonyl (C=O) groups is 1. The normalized spacial score (nSPS) is 17.3. The van der Waals surface area contributed by atoms with Gasteiger partial charge in [0, 0.05) is 25.7 Å². The number of urea groups is 1. The number of carbonyl (C=O) groups excluding carboxylic acids is 1. The molecule has 26 heavy (non-hydrogen) atoms. The van der Waals surface area contributed by atoms with E-state index >= 15 is 0 Å². The van der Waals surface area contributed by atoms with Gasteiger partial charge in [-0.2, -0.15) is 5.26 Å². The van der Waals surface area contributed by atoms with Crippen LogP contribution in [0.3, 0.4) is 0 Å². The van der Waals surface area contributed by atoms with Crippen LogP contribution in [0.2, 0.25) is 0 Å². The largest absolute Gasteiger partial charge is 0.379 e. The molecule has 2 N–H and O–H groups in total. The number of morpholine rings is 1. The lowest BCUT2D eigenvalue weighted by molar-refractivity contribution is 0.0129. The van der Waals surface area contributed by atoms with Crippen molar-refractivity contribution in [2.45, 2.75) is 39.3 Å². The van der Waals surface area contributed by atoms with Crippen LogP contribution in [0.4, 0.5) is 4.79 Å². The quantitative estimate of drug-likeness (QED) is 0.785. The molecular weight excluding hydrogens is 328 g/mol. The number of amides is 2. The third kappa shape index (κ3) is 6.32. The molecule has 1 aromatic rings. The van der Waals surface area contributed by atoms with Gasteiger partial charge in [-0.1, -0.05) is 26.0 Å². The lowest BCUT2D eigenvalue weighted by Gasteiger charge is -2.35. The van der Waals surface area contributed by atoms with Crippen molar-refractivity contribution in [3.63, 3.8) is 0 Å². The van der Waals surface area contributed by atoms with Crippen molar-refractivity contribution in [1.29, 1.82) is 5.26 Å². The molecule has 1 aliphatic rings. The van der Waals surface area contributed by atoms with Crippen LogP contribution in [-0.4, -0.2) is 49.8 Å². The van der Waals surface area contributed by atoms with Gasteiger partial charge in [0.15, 0.2) is 0 Å². The number of hydrogen-bond donors (Lipinski definition) is 2. The van der Waals surface area contributed by atoms with Crippen LogP contribution < -0.4 is 10.6 Å². The molecule has 0 radical (unpaired) electrons. The van der Waals surface area contributed by atoms with Crippen molar-refractivity contribution >= 4 is 6.03 Å². The number of rotatable bonds is 7. The average Bonchev–Trinajstić information content (AvgIpc) is 2.65. The predicted octanol–water partition coefficient (Wildman–Crippen LogP) is 2.67. The fourth-order valence-corrected chi connectivity index (χ4v) is 3.24. The van der Waals surface area contributed by atoms with Gasteiger partial charge in [0.05, 0.1) is 30.9 Å². The zero-order valence-electron chi connectivity index (χ0n) is 16.0. The molecule has 0 aliphatic carbocycles. The Labute approximate surface area is 156 Å². The third-order valence-electron chi connectivity index (χ3n) is 4.69. The van der Waals surface area contributed by atoms with Crippen LogP contribution in [0.25, 0.3) is 0 Å². The Morgan fingerprint density at radius 2 is 1.88 bits per heavy atom. The van der Waals surface area contributed by atoms with Gasteiger partial charge in [-0.15, -0.1) is 0 Å². The molecule has 142 valence electrons. The third-order valence-corrected chi connectivity index (χ3v) is 4.69. The number of nitrogens with one attached hydrogen (secondary N) is 2. The fourth-order valence-electron chi connectivity index (χ4n) is 3.24. The second kappa shape index (κ2) is 10.1. The van der Waals surface area contributed by atoms with Gasteiger partial charge in [-0.3, -0.25) is 4.90 Å². The van der Waals surface area contributed by atoms with E-state index in [1.54, 1.807) is 12.1 Å². The summed E-state index contributed by atoms with van der Waals surface area (Å²) in [5.41, 5.74) is 1.60. The van der Waals surface area contributed by atoms with Crippen LogP contribution in [-0.2, 0) is 4.74 Å². The molecule has 2 amide bonds. The van der Waals surface area contributed by atoms with Crippen molar-refractivity contribution < 1.29 is 9.53 Å². The molecule has 0 aromatic heterocycles. The van der Waals surface area contributed by atoms with Crippen molar-refractivity contribution in [1.82, 2.24) is 15.5 Å². The van der Waals surface area contributed by atoms with Crippen LogP contribution >= 0.6 is 0 Å². The first kappa shape index (κ1) is 20.2. The van der Waals surface area contributed by atoms with Gasteiger partial charge < -0.3 is 15.4 Å². The summed E-state index contributed by atoms with van der Waals surface area (Å²) >= 11 is 0. The summed E-state index contributed by atoms with van der Waals surface area (Å²) in [7, 11) is 0. The minimum atomic E-state index is -0.163. The number of hydrogen-bond acceptors (Lipinski definition) is 4. The maximum absolute atomic E-state index is 12.3. The summed E-state index contributed by atoms with van der Waals surface area (Å²) < 4.78 is 5.44. The highest BCUT2D eigenvalue weighted by Gasteiger charge is 2.22. The minimum absolute atomic E-state index is 0.116. The highest BCUT2D eigenvalue weighted by atomic mass is 16.5. The fraction of sp³-hybridized carbons (Fsp3) is 0.600. The first-order valence-corrected chi connectivity index (χ1v) is 9.35. The minimum Gasteiger partial charge on any atom is -0.379 e. The van der Waals surface area contributed by atoms with Crippen LogP contribution in [0, 0.1) is 17.2 Å². The summed E-state index contributed by atoms with van der Waals surface area (Å²) in [6.07, 6.45) is 1.05. The van der Waals surface area contributed by atoms with E-state index in [9.17, 15) is 4.79 Å². The second-order valence-corrected chi connectivity index (χ2v) is 7.24. The molecule has 6 heteroatoms. The molecule has 2 rings (SSSR count). The molecule has 1 saturated heterocycles. The smallest absolute Gasteiger partial charge is 0.315 e. The molecule has 0 spiro atoms. The van der Waals surface area contributed by atoms with Crippen LogP contribution in [0.5, 0.6) is 0 Å². The molecule has 1 aromatic carbocycles. The van der Waals surface area contributed by atoms with E-state index in [0.29, 0.717) is 24.1 Å². The lowest BCUT2D eigenvalue weighted by Crippen LogP contribution is -2.50. The number of ether oxygens (including phenoxy) is 1. The maximum Gasteiger partial charge on any atom is 0.315 e. The van der Waals surface area contributed by atoms with Crippen molar-refractivity contribution in [2.75, 3.05) is 32.8 Å². The molecule has 1 aliphatic heterocycles. The van der Waals surface area contributed by atoms with Crippen molar-refractivity contribution in [3.05, 3.63) is 35.4 Å². The highest BCUT2D eigenvalue weighted by molar-refractivity contribution is 5.74. The van der Waals surface area contributed by atoms with Gasteiger partial charge in [0.1, 0.15) is 0 Å². The Kier molecular flexibility index (Phi) is 7.89. The lowest BCUT2D eigenvalue weighted by atomic mass is 10.0. The number of nitrogens with zero attached hydrogens (tertiary/aromatic N) is 2. The van der Waals surface area contributed by atoms with Gasteiger partial charge in [-0.25, -0.2) is 4.79 Å². The van der Waals surface area contributed by atoms with Gasteiger partial charge in [-0.05, 0) is 37.0 Å². The van der Waals surface area contributed by atoms with Crippen molar-refractivity contribution in [2.24, 2.45) is 5.92 Å². The topological polar surface area (TPSA) is 77.4 Å². The summed E-state index contributed by atoms with van der Waals surface area (Å²) in [6.45, 7) is 10.3. The van der Waals surface area contributed by atoms with E-state index < -0.39 is 0 Å². The van der Waals surface area contributed by atoms with E-state index in [0.717, 1.165) is 38.3 Å². The summed E-state index contributed by atoms with van der Waals surface area (Å²) in [4.78, 5) is 14.7. The Balaban J connectivity index is 1.85. The zero-order valence-corrected chi connectivity index (χ0v) is 16.0. The monoisotopic (exact) mass is 358 g/mol. The molecule has 1 heterocycles. The predicted molar refractivity (Wildman–Crippen MR) is 102 cm³/mol. The molecule has 2 unspecified atom stereocenters. The van der Waals surface area contributed by atoms with Gasteiger partial charge >= 0.3 is 6.03 Å². The highest BCUT2D eigenvalue weighted by Crippen LogP contribution is 2.14. The maximum atomic E-state index is 12.3. The Morgan fingerprint density at radius 3 is 2.46 bits per heavy atom. The van der Waals surface area contributed by atoms with Crippen LogP contribution in [0.1, 0.15) is 44.4 Å². The standard InChI is InChI=1S/C20H30N4O2/c1-15(2)12-19(24-8-10-26-11-9-24)14-22-20(25)23-16(3)18-6-4-17(13-21)5-7-18/h4-7,15-16,19H,8-12,14H2,1-3H3,(H2,22,23,25). The second-order valence-electron chi connectivity index (χ2n) is 7.24. The van der Waals surface area contributed by atoms with E-state index in [-0.39, 0.29) is 12.1 Å². The van der Waals surface area contributed by atoms with Crippen LogP contribution in [0.15, 0.2) is 24.3 Å². The summed E-state index contributed by atoms with van der Waals surface area (Å²) in [5.74, 6) is 0.574.